The van der Waals surface area contributed by atoms with E-state index in [1.165, 1.54) is 11.8 Å². The number of nitrogens with two attached hydrogens (primary N) is 1. The zero-order valence-electron chi connectivity index (χ0n) is 11.2. The number of esters is 1. The minimum Gasteiger partial charge on any atom is -0.465 e. The van der Waals surface area contributed by atoms with E-state index in [1.54, 1.807) is 6.92 Å². The molecule has 0 radical (unpaired) electrons. The van der Waals surface area contributed by atoms with Gasteiger partial charge >= 0.3 is 5.97 Å². The van der Waals surface area contributed by atoms with Gasteiger partial charge in [-0.2, -0.15) is 0 Å². The van der Waals surface area contributed by atoms with Crippen LogP contribution < -0.4 is 11.1 Å². The summed E-state index contributed by atoms with van der Waals surface area (Å²) in [5, 5.41) is 2.81. The van der Waals surface area contributed by atoms with Crippen LogP contribution in [0.15, 0.2) is 0 Å². The lowest BCUT2D eigenvalue weighted by Crippen LogP contribution is -2.36. The van der Waals surface area contributed by atoms with Crippen molar-refractivity contribution < 1.29 is 19.1 Å². The molecule has 1 aliphatic rings. The molecule has 1 aliphatic heterocycles. The molecule has 0 aromatic heterocycles. The van der Waals surface area contributed by atoms with Gasteiger partial charge in [0.1, 0.15) is 6.04 Å². The average Bonchev–Trinajstić information content (AvgIpc) is 2.89. The van der Waals surface area contributed by atoms with Gasteiger partial charge in [-0.3, -0.25) is 9.59 Å². The van der Waals surface area contributed by atoms with Gasteiger partial charge in [-0.15, -0.1) is 11.8 Å². The number of hydrogen-bond donors (Lipinski definition) is 2. The van der Waals surface area contributed by atoms with Crippen molar-refractivity contribution in [3.63, 3.8) is 0 Å². The van der Waals surface area contributed by atoms with Crippen LogP contribution in [0.1, 0.15) is 19.8 Å². The highest BCUT2D eigenvalue weighted by molar-refractivity contribution is 8.00. The fourth-order valence-corrected chi connectivity index (χ4v) is 2.48. The minimum atomic E-state index is -0.670. The van der Waals surface area contributed by atoms with Gasteiger partial charge in [0.15, 0.2) is 0 Å². The third kappa shape index (κ3) is 6.79. The molecular weight excluding hydrogens is 268 g/mol. The molecule has 2 unspecified atom stereocenters. The summed E-state index contributed by atoms with van der Waals surface area (Å²) in [7, 11) is 0. The zero-order chi connectivity index (χ0) is 14.1. The Kier molecular flexibility index (Phi) is 7.85. The number of amides is 1. The van der Waals surface area contributed by atoms with Crippen molar-refractivity contribution in [2.75, 3.05) is 31.3 Å². The van der Waals surface area contributed by atoms with E-state index in [0.29, 0.717) is 24.7 Å². The van der Waals surface area contributed by atoms with Crippen LogP contribution in [0.3, 0.4) is 0 Å². The molecule has 0 aromatic carbocycles. The second-order valence-electron chi connectivity index (χ2n) is 4.31. The lowest BCUT2D eigenvalue weighted by atomic mass is 10.2. The Labute approximate surface area is 117 Å². The maximum Gasteiger partial charge on any atom is 0.323 e. The normalized spacial score (nSPS) is 20.0. The van der Waals surface area contributed by atoms with Gasteiger partial charge in [0.25, 0.3) is 0 Å². The van der Waals surface area contributed by atoms with Gasteiger partial charge in [-0.25, -0.2) is 0 Å². The van der Waals surface area contributed by atoms with Gasteiger partial charge in [-0.1, -0.05) is 0 Å². The quantitative estimate of drug-likeness (QED) is 0.607. The maximum absolute atomic E-state index is 11.5. The van der Waals surface area contributed by atoms with Crippen molar-refractivity contribution in [3.05, 3.63) is 0 Å². The Hall–Kier alpha value is -0.790. The molecular formula is C12H22N2O4S. The second kappa shape index (κ2) is 9.17. The van der Waals surface area contributed by atoms with Gasteiger partial charge in [-0.05, 0) is 19.8 Å². The first-order valence-electron chi connectivity index (χ1n) is 6.51. The number of thioether (sulfide) groups is 1. The van der Waals surface area contributed by atoms with Crippen molar-refractivity contribution in [2.45, 2.75) is 31.9 Å². The standard InChI is InChI=1S/C12H22N2O4S/c1-2-17-12(16)10(13)7-19-8-11(15)14-6-9-4-3-5-18-9/h9-10H,2-8,13H2,1H3,(H,14,15). The number of carbonyl (C=O) groups excluding carboxylic acids is 2. The van der Waals surface area contributed by atoms with E-state index in [1.807, 2.05) is 0 Å². The molecule has 1 amide bonds. The predicted octanol–water partition coefficient (Wildman–Crippen LogP) is -0.0948. The van der Waals surface area contributed by atoms with Gasteiger partial charge in [0, 0.05) is 18.9 Å². The molecule has 1 fully saturated rings. The molecule has 0 spiro atoms. The van der Waals surface area contributed by atoms with Crippen LogP contribution in [0.25, 0.3) is 0 Å². The molecule has 1 heterocycles. The van der Waals surface area contributed by atoms with Crippen molar-refractivity contribution in [1.29, 1.82) is 0 Å². The van der Waals surface area contributed by atoms with Crippen LogP contribution in [-0.4, -0.2) is 55.3 Å². The monoisotopic (exact) mass is 290 g/mol. The van der Waals surface area contributed by atoms with E-state index in [9.17, 15) is 9.59 Å². The molecule has 0 aromatic rings. The second-order valence-corrected chi connectivity index (χ2v) is 5.34. The lowest BCUT2D eigenvalue weighted by molar-refractivity contribution is -0.144. The van der Waals surface area contributed by atoms with Crippen LogP contribution in [0.5, 0.6) is 0 Å². The number of rotatable bonds is 8. The molecule has 0 aliphatic carbocycles. The fraction of sp³-hybridized carbons (Fsp3) is 0.833. The van der Waals surface area contributed by atoms with E-state index in [4.69, 9.17) is 15.2 Å². The van der Waals surface area contributed by atoms with Crippen LogP contribution in [0, 0.1) is 0 Å². The molecule has 1 rings (SSSR count). The van der Waals surface area contributed by atoms with E-state index in [2.05, 4.69) is 5.32 Å². The molecule has 6 nitrogen and oxygen atoms in total. The maximum atomic E-state index is 11.5. The molecule has 1 saturated heterocycles. The Morgan fingerprint density at radius 1 is 1.58 bits per heavy atom. The third-order valence-electron chi connectivity index (χ3n) is 2.67. The summed E-state index contributed by atoms with van der Waals surface area (Å²) in [6.45, 7) is 3.39. The molecule has 3 N–H and O–H groups in total. The van der Waals surface area contributed by atoms with E-state index >= 15 is 0 Å². The summed E-state index contributed by atoms with van der Waals surface area (Å²) in [5.41, 5.74) is 5.62. The fourth-order valence-electron chi connectivity index (χ4n) is 1.68. The first kappa shape index (κ1) is 16.3. The highest BCUT2D eigenvalue weighted by Crippen LogP contribution is 2.10. The average molecular weight is 290 g/mol. The topological polar surface area (TPSA) is 90.7 Å². The highest BCUT2D eigenvalue weighted by atomic mass is 32.2. The molecule has 110 valence electrons. The smallest absolute Gasteiger partial charge is 0.323 e. The van der Waals surface area contributed by atoms with Crippen LogP contribution in [-0.2, 0) is 19.1 Å². The summed E-state index contributed by atoms with van der Waals surface area (Å²) in [4.78, 5) is 22.8. The van der Waals surface area contributed by atoms with Crippen molar-refractivity contribution in [3.8, 4) is 0 Å². The van der Waals surface area contributed by atoms with Crippen molar-refractivity contribution in [1.82, 2.24) is 5.32 Å². The summed E-state index contributed by atoms with van der Waals surface area (Å²) in [6, 6.07) is -0.670. The summed E-state index contributed by atoms with van der Waals surface area (Å²) in [5.74, 6) is 0.192. The van der Waals surface area contributed by atoms with Gasteiger partial charge in [0.2, 0.25) is 5.91 Å². The Morgan fingerprint density at radius 2 is 2.37 bits per heavy atom. The molecule has 19 heavy (non-hydrogen) atoms. The Morgan fingerprint density at radius 3 is 3.00 bits per heavy atom. The number of ether oxygens (including phenoxy) is 2. The Balaban J connectivity index is 2.04. The lowest BCUT2D eigenvalue weighted by Gasteiger charge is -2.12. The van der Waals surface area contributed by atoms with E-state index in [0.717, 1.165) is 19.4 Å². The first-order chi connectivity index (χ1) is 9.13. The molecule has 2 atom stereocenters. The van der Waals surface area contributed by atoms with Crippen molar-refractivity contribution >= 4 is 23.6 Å². The van der Waals surface area contributed by atoms with Crippen LogP contribution in [0.2, 0.25) is 0 Å². The zero-order valence-corrected chi connectivity index (χ0v) is 12.0. The first-order valence-corrected chi connectivity index (χ1v) is 7.67. The van der Waals surface area contributed by atoms with Crippen LogP contribution in [0.4, 0.5) is 0 Å². The highest BCUT2D eigenvalue weighted by Gasteiger charge is 2.17. The van der Waals surface area contributed by atoms with Crippen molar-refractivity contribution in [2.24, 2.45) is 5.73 Å². The largest absolute Gasteiger partial charge is 0.465 e. The van der Waals surface area contributed by atoms with Gasteiger partial charge in [0.05, 0.1) is 18.5 Å². The summed E-state index contributed by atoms with van der Waals surface area (Å²) in [6.07, 6.45) is 2.21. The van der Waals surface area contributed by atoms with E-state index in [-0.39, 0.29) is 12.0 Å². The minimum absolute atomic E-state index is 0.0587. The van der Waals surface area contributed by atoms with E-state index < -0.39 is 12.0 Å². The number of nitrogens with one attached hydrogen (secondary N) is 1. The third-order valence-corrected chi connectivity index (χ3v) is 3.73. The number of carbonyl (C=O) groups is 2. The molecule has 0 bridgehead atoms. The SMILES string of the molecule is CCOC(=O)C(N)CSCC(=O)NCC1CCCO1. The summed E-state index contributed by atoms with van der Waals surface area (Å²) >= 11 is 1.33. The van der Waals surface area contributed by atoms with Crippen LogP contribution >= 0.6 is 11.8 Å². The molecule has 7 heteroatoms. The number of hydrogen-bond acceptors (Lipinski definition) is 6. The summed E-state index contributed by atoms with van der Waals surface area (Å²) < 4.78 is 10.2. The van der Waals surface area contributed by atoms with Gasteiger partial charge < -0.3 is 20.5 Å². The molecule has 0 saturated carbocycles. The predicted molar refractivity (Wildman–Crippen MR) is 73.9 cm³/mol. The Bertz CT molecular complexity index is 295.